The Labute approximate surface area is 128 Å². The second-order valence-corrected chi connectivity index (χ2v) is 5.60. The summed E-state index contributed by atoms with van der Waals surface area (Å²) in [5.74, 6) is 1.48. The summed E-state index contributed by atoms with van der Waals surface area (Å²) in [5, 5.41) is 11.3. The average Bonchev–Trinajstić information content (AvgIpc) is 2.92. The molecule has 1 unspecified atom stereocenters. The fraction of sp³-hybridized carbons (Fsp3) is 0.312. The van der Waals surface area contributed by atoms with Crippen molar-refractivity contribution in [2.24, 2.45) is 0 Å². The molecule has 6 nitrogen and oxygen atoms in total. The lowest BCUT2D eigenvalue weighted by Crippen LogP contribution is -2.24. The van der Waals surface area contributed by atoms with Crippen molar-refractivity contribution in [1.82, 2.24) is 25.5 Å². The van der Waals surface area contributed by atoms with Crippen LogP contribution in [0.25, 0.3) is 10.9 Å². The number of nitrogens with one attached hydrogen (secondary N) is 3. The molecule has 3 aromatic rings. The predicted molar refractivity (Wildman–Crippen MR) is 85.7 cm³/mol. The minimum atomic E-state index is -0.0674. The van der Waals surface area contributed by atoms with Gasteiger partial charge in [0.25, 0.3) is 5.56 Å². The van der Waals surface area contributed by atoms with Gasteiger partial charge in [-0.25, -0.2) is 4.98 Å². The summed E-state index contributed by atoms with van der Waals surface area (Å²) in [7, 11) is 0. The van der Waals surface area contributed by atoms with Crippen LogP contribution in [0.15, 0.2) is 29.1 Å². The molecule has 6 heteroatoms. The van der Waals surface area contributed by atoms with Gasteiger partial charge in [-0.15, -0.1) is 0 Å². The Morgan fingerprint density at radius 2 is 2.09 bits per heavy atom. The van der Waals surface area contributed by atoms with Gasteiger partial charge in [0.05, 0.1) is 6.04 Å². The average molecular weight is 297 g/mol. The zero-order valence-corrected chi connectivity index (χ0v) is 12.9. The SMILES string of the molecule is Cc1ccc2[nH]c(=O)c(CNC(C)c3n[nH]c(C)n3)cc2c1. The highest BCUT2D eigenvalue weighted by Gasteiger charge is 2.11. The third kappa shape index (κ3) is 2.92. The lowest BCUT2D eigenvalue weighted by Gasteiger charge is -2.10. The molecule has 2 aromatic heterocycles. The van der Waals surface area contributed by atoms with Crippen molar-refractivity contribution in [3.8, 4) is 0 Å². The van der Waals surface area contributed by atoms with Crippen LogP contribution in [0.2, 0.25) is 0 Å². The van der Waals surface area contributed by atoms with Crippen LogP contribution < -0.4 is 10.9 Å². The second-order valence-electron chi connectivity index (χ2n) is 5.60. The number of hydrogen-bond acceptors (Lipinski definition) is 4. The lowest BCUT2D eigenvalue weighted by atomic mass is 10.1. The van der Waals surface area contributed by atoms with Crippen molar-refractivity contribution in [1.29, 1.82) is 0 Å². The van der Waals surface area contributed by atoms with Gasteiger partial charge < -0.3 is 10.3 Å². The quantitative estimate of drug-likeness (QED) is 0.688. The summed E-state index contributed by atoms with van der Waals surface area (Å²) in [6.07, 6.45) is 0. The van der Waals surface area contributed by atoms with E-state index in [1.54, 1.807) is 0 Å². The summed E-state index contributed by atoms with van der Waals surface area (Å²) < 4.78 is 0. The van der Waals surface area contributed by atoms with Crippen LogP contribution in [0.3, 0.4) is 0 Å². The van der Waals surface area contributed by atoms with Gasteiger partial charge in [-0.1, -0.05) is 11.6 Å². The molecular weight excluding hydrogens is 278 g/mol. The molecule has 0 aliphatic rings. The van der Waals surface area contributed by atoms with Crippen LogP contribution in [0.4, 0.5) is 0 Å². The van der Waals surface area contributed by atoms with Gasteiger partial charge in [-0.05, 0) is 44.4 Å². The second kappa shape index (κ2) is 5.73. The minimum absolute atomic E-state index is 0.0300. The topological polar surface area (TPSA) is 86.5 Å². The van der Waals surface area contributed by atoms with Crippen molar-refractivity contribution >= 4 is 10.9 Å². The van der Waals surface area contributed by atoms with Gasteiger partial charge in [0.2, 0.25) is 0 Å². The monoisotopic (exact) mass is 297 g/mol. The van der Waals surface area contributed by atoms with E-state index < -0.39 is 0 Å². The van der Waals surface area contributed by atoms with Crippen LogP contribution in [0, 0.1) is 13.8 Å². The number of fused-ring (bicyclic) bond motifs is 1. The van der Waals surface area contributed by atoms with E-state index >= 15 is 0 Å². The zero-order chi connectivity index (χ0) is 15.7. The Kier molecular flexibility index (Phi) is 3.77. The van der Waals surface area contributed by atoms with Crippen molar-refractivity contribution in [3.63, 3.8) is 0 Å². The maximum absolute atomic E-state index is 12.1. The zero-order valence-electron chi connectivity index (χ0n) is 12.9. The van der Waals surface area contributed by atoms with E-state index in [0.29, 0.717) is 17.9 Å². The molecule has 0 saturated carbocycles. The Balaban J connectivity index is 1.81. The lowest BCUT2D eigenvalue weighted by molar-refractivity contribution is 0.546. The van der Waals surface area contributed by atoms with Gasteiger partial charge >= 0.3 is 0 Å². The Hall–Kier alpha value is -2.47. The number of aryl methyl sites for hydroxylation is 2. The highest BCUT2D eigenvalue weighted by Crippen LogP contribution is 2.14. The van der Waals surface area contributed by atoms with Gasteiger partial charge in [0, 0.05) is 17.6 Å². The molecule has 3 N–H and O–H groups in total. The third-order valence-electron chi connectivity index (χ3n) is 3.68. The molecule has 0 saturated heterocycles. The number of aromatic nitrogens is 4. The van der Waals surface area contributed by atoms with E-state index in [-0.39, 0.29) is 11.6 Å². The maximum Gasteiger partial charge on any atom is 0.252 e. The summed E-state index contributed by atoms with van der Waals surface area (Å²) in [6.45, 7) is 6.34. The molecule has 2 heterocycles. The molecule has 0 bridgehead atoms. The molecule has 114 valence electrons. The van der Waals surface area contributed by atoms with Gasteiger partial charge in [0.15, 0.2) is 5.82 Å². The van der Waals surface area contributed by atoms with Gasteiger partial charge in [-0.2, -0.15) is 5.10 Å². The third-order valence-corrected chi connectivity index (χ3v) is 3.68. The maximum atomic E-state index is 12.1. The summed E-state index contributed by atoms with van der Waals surface area (Å²) >= 11 is 0. The van der Waals surface area contributed by atoms with E-state index in [1.165, 1.54) is 5.56 Å². The predicted octanol–water partition coefficient (Wildman–Crippen LogP) is 2.11. The number of pyridine rings is 1. The number of H-pyrrole nitrogens is 2. The number of aromatic amines is 2. The van der Waals surface area contributed by atoms with Crippen molar-refractivity contribution in [3.05, 3.63) is 57.4 Å². The van der Waals surface area contributed by atoms with Crippen LogP contribution in [-0.2, 0) is 6.54 Å². The Bertz CT molecular complexity index is 864. The van der Waals surface area contributed by atoms with Gasteiger partial charge in [-0.3, -0.25) is 9.89 Å². The van der Waals surface area contributed by atoms with E-state index in [9.17, 15) is 4.79 Å². The van der Waals surface area contributed by atoms with Crippen LogP contribution >= 0.6 is 0 Å². The molecule has 0 aliphatic carbocycles. The van der Waals surface area contributed by atoms with E-state index in [4.69, 9.17) is 0 Å². The van der Waals surface area contributed by atoms with Crippen molar-refractivity contribution in [2.45, 2.75) is 33.4 Å². The molecule has 0 aliphatic heterocycles. The molecular formula is C16H19N5O. The fourth-order valence-electron chi connectivity index (χ4n) is 2.41. The van der Waals surface area contributed by atoms with E-state index in [0.717, 1.165) is 16.7 Å². The molecule has 3 rings (SSSR count). The first kappa shape index (κ1) is 14.5. The smallest absolute Gasteiger partial charge is 0.252 e. The highest BCUT2D eigenvalue weighted by atomic mass is 16.1. The number of hydrogen-bond donors (Lipinski definition) is 3. The molecule has 22 heavy (non-hydrogen) atoms. The van der Waals surface area contributed by atoms with E-state index in [2.05, 4.69) is 31.5 Å². The highest BCUT2D eigenvalue weighted by molar-refractivity contribution is 5.79. The molecule has 0 fully saturated rings. The van der Waals surface area contributed by atoms with Crippen LogP contribution in [0.5, 0.6) is 0 Å². The molecule has 1 aromatic carbocycles. The normalized spacial score (nSPS) is 12.7. The summed E-state index contributed by atoms with van der Waals surface area (Å²) in [4.78, 5) is 19.4. The molecule has 0 radical (unpaired) electrons. The van der Waals surface area contributed by atoms with Crippen LogP contribution in [-0.4, -0.2) is 20.2 Å². The molecule has 1 atom stereocenters. The first-order valence-electron chi connectivity index (χ1n) is 7.28. The fourth-order valence-corrected chi connectivity index (χ4v) is 2.41. The largest absolute Gasteiger partial charge is 0.322 e. The van der Waals surface area contributed by atoms with Crippen LogP contribution in [0.1, 0.15) is 35.7 Å². The number of benzene rings is 1. The molecule has 0 spiro atoms. The van der Waals surface area contributed by atoms with Gasteiger partial charge in [0.1, 0.15) is 5.82 Å². The standard InChI is InChI=1S/C16H19N5O/c1-9-4-5-14-12(6-9)7-13(16(22)19-14)8-17-10(2)15-18-11(3)20-21-15/h4-7,10,17H,8H2,1-3H3,(H,19,22)(H,18,20,21). The first-order valence-corrected chi connectivity index (χ1v) is 7.28. The Morgan fingerprint density at radius 1 is 1.27 bits per heavy atom. The summed E-state index contributed by atoms with van der Waals surface area (Å²) in [6, 6.07) is 7.89. The minimum Gasteiger partial charge on any atom is -0.322 e. The Morgan fingerprint density at radius 3 is 2.82 bits per heavy atom. The molecule has 0 amide bonds. The summed E-state index contributed by atoms with van der Waals surface area (Å²) in [5.41, 5.74) is 2.67. The number of nitrogens with zero attached hydrogens (tertiary/aromatic N) is 2. The van der Waals surface area contributed by atoms with Crippen molar-refractivity contribution < 1.29 is 0 Å². The number of rotatable bonds is 4. The first-order chi connectivity index (χ1) is 10.5. The van der Waals surface area contributed by atoms with E-state index in [1.807, 2.05) is 39.0 Å². The van der Waals surface area contributed by atoms with Crippen molar-refractivity contribution in [2.75, 3.05) is 0 Å².